The lowest BCUT2D eigenvalue weighted by Gasteiger charge is -2.28. The Balaban J connectivity index is 3.54. The third-order valence-corrected chi connectivity index (χ3v) is 5.40. The topological polar surface area (TPSA) is 80.7 Å². The van der Waals surface area contributed by atoms with Gasteiger partial charge in [-0.05, 0) is 12.8 Å². The summed E-state index contributed by atoms with van der Waals surface area (Å²) in [6, 6.07) is 0. The van der Waals surface area contributed by atoms with Crippen molar-refractivity contribution in [3.8, 4) is 0 Å². The molecule has 0 aliphatic carbocycles. The average Bonchev–Trinajstić information content (AvgIpc) is 2.65. The highest BCUT2D eigenvalue weighted by atomic mass is 16.5. The molecular formula is C25H48NO5+. The normalized spacial score (nSPS) is 12.5. The lowest BCUT2D eigenvalue weighted by atomic mass is 10.0. The van der Waals surface area contributed by atoms with Gasteiger partial charge in [-0.25, -0.2) is 0 Å². The van der Waals surface area contributed by atoms with Crippen LogP contribution in [0.1, 0.15) is 109 Å². The van der Waals surface area contributed by atoms with Gasteiger partial charge in [-0.1, -0.05) is 77.0 Å². The van der Waals surface area contributed by atoms with E-state index in [1.165, 1.54) is 64.2 Å². The van der Waals surface area contributed by atoms with E-state index in [0.717, 1.165) is 32.0 Å². The fourth-order valence-corrected chi connectivity index (χ4v) is 3.81. The molecule has 0 spiro atoms. The summed E-state index contributed by atoms with van der Waals surface area (Å²) in [5.41, 5.74) is 0. The maximum atomic E-state index is 12.0. The van der Waals surface area contributed by atoms with Crippen molar-refractivity contribution in [1.82, 2.24) is 0 Å². The summed E-state index contributed by atoms with van der Waals surface area (Å²) in [7, 11) is 5.88. The Labute approximate surface area is 190 Å². The number of carboxylic acid groups (broad SMARTS) is 1. The van der Waals surface area contributed by atoms with Crippen LogP contribution in [0.3, 0.4) is 0 Å². The van der Waals surface area contributed by atoms with Crippen LogP contribution >= 0.6 is 0 Å². The number of carboxylic acids is 1. The zero-order chi connectivity index (χ0) is 23.4. The summed E-state index contributed by atoms with van der Waals surface area (Å²) >= 11 is 0. The third kappa shape index (κ3) is 23.1. The van der Waals surface area contributed by atoms with Crippen molar-refractivity contribution in [2.24, 2.45) is 0 Å². The predicted molar refractivity (Wildman–Crippen MR) is 125 cm³/mol. The molecule has 0 bridgehead atoms. The lowest BCUT2D eigenvalue weighted by molar-refractivity contribution is -0.873. The van der Waals surface area contributed by atoms with Gasteiger partial charge < -0.3 is 19.1 Å². The SMILES string of the molecule is C[N+](C)(C)C[C@@H](CC(=O)O)OC(=O)CCCCCCCCCCCCCCCCC=O. The highest BCUT2D eigenvalue weighted by Crippen LogP contribution is 2.14. The van der Waals surface area contributed by atoms with Crippen LogP contribution in [0.25, 0.3) is 0 Å². The number of nitrogens with zero attached hydrogens (tertiary/aromatic N) is 1. The number of rotatable bonds is 22. The molecule has 0 rings (SSSR count). The van der Waals surface area contributed by atoms with Crippen LogP contribution in [0.15, 0.2) is 0 Å². The van der Waals surface area contributed by atoms with Gasteiger partial charge in [0, 0.05) is 12.8 Å². The van der Waals surface area contributed by atoms with Gasteiger partial charge in [-0.2, -0.15) is 0 Å². The second kappa shape index (κ2) is 19.3. The molecule has 0 radical (unpaired) electrons. The predicted octanol–water partition coefficient (Wildman–Crippen LogP) is 5.52. The Morgan fingerprint density at radius 2 is 1.19 bits per heavy atom. The van der Waals surface area contributed by atoms with E-state index in [0.29, 0.717) is 23.9 Å². The van der Waals surface area contributed by atoms with Gasteiger partial charge in [0.1, 0.15) is 12.8 Å². The van der Waals surface area contributed by atoms with E-state index in [4.69, 9.17) is 9.84 Å². The van der Waals surface area contributed by atoms with Gasteiger partial charge in [0.2, 0.25) is 0 Å². The minimum Gasteiger partial charge on any atom is -0.481 e. The van der Waals surface area contributed by atoms with E-state index in [1.54, 1.807) is 0 Å². The molecule has 0 fully saturated rings. The number of esters is 1. The molecule has 0 amide bonds. The summed E-state index contributed by atoms with van der Waals surface area (Å²) in [6.07, 6.45) is 18.3. The van der Waals surface area contributed by atoms with Crippen LogP contribution in [0.5, 0.6) is 0 Å². The number of quaternary nitrogens is 1. The summed E-state index contributed by atoms with van der Waals surface area (Å²) in [5, 5.41) is 9.01. The van der Waals surface area contributed by atoms with Crippen LogP contribution in [0, 0.1) is 0 Å². The van der Waals surface area contributed by atoms with Crippen molar-refractivity contribution in [2.45, 2.75) is 115 Å². The number of aliphatic carboxylic acids is 1. The van der Waals surface area contributed by atoms with Crippen molar-refractivity contribution < 1.29 is 28.7 Å². The van der Waals surface area contributed by atoms with E-state index in [9.17, 15) is 14.4 Å². The number of hydrogen-bond donors (Lipinski definition) is 1. The van der Waals surface area contributed by atoms with Crippen LogP contribution in [0.2, 0.25) is 0 Å². The molecule has 1 N–H and O–H groups in total. The molecule has 6 nitrogen and oxygen atoms in total. The van der Waals surface area contributed by atoms with Crippen molar-refractivity contribution >= 4 is 18.2 Å². The smallest absolute Gasteiger partial charge is 0.307 e. The number of carbonyl (C=O) groups excluding carboxylic acids is 2. The summed E-state index contributed by atoms with van der Waals surface area (Å²) in [5.74, 6) is -1.21. The number of unbranched alkanes of at least 4 members (excludes halogenated alkanes) is 14. The molecule has 182 valence electrons. The Morgan fingerprint density at radius 1 is 0.774 bits per heavy atom. The fourth-order valence-electron chi connectivity index (χ4n) is 3.81. The maximum Gasteiger partial charge on any atom is 0.307 e. The number of carbonyl (C=O) groups is 3. The summed E-state index contributed by atoms with van der Waals surface area (Å²) in [6.45, 7) is 0.499. The minimum absolute atomic E-state index is 0.136. The molecule has 0 saturated carbocycles. The van der Waals surface area contributed by atoms with Gasteiger partial charge in [0.25, 0.3) is 0 Å². The highest BCUT2D eigenvalue weighted by Gasteiger charge is 2.24. The molecule has 1 atom stereocenters. The Kier molecular flexibility index (Phi) is 18.4. The first-order valence-electron chi connectivity index (χ1n) is 12.4. The van der Waals surface area contributed by atoms with Crippen molar-refractivity contribution in [3.63, 3.8) is 0 Å². The number of likely N-dealkylation sites (N-methyl/N-ethyl adjacent to an activating group) is 1. The molecule has 0 heterocycles. The minimum atomic E-state index is -0.933. The molecule has 0 unspecified atom stereocenters. The van der Waals surface area contributed by atoms with E-state index in [1.807, 2.05) is 21.1 Å². The molecular weight excluding hydrogens is 394 g/mol. The second-order valence-corrected chi connectivity index (χ2v) is 9.84. The average molecular weight is 443 g/mol. The van der Waals surface area contributed by atoms with Gasteiger partial charge in [0.05, 0.1) is 27.6 Å². The Morgan fingerprint density at radius 3 is 1.58 bits per heavy atom. The first kappa shape index (κ1) is 29.6. The van der Waals surface area contributed by atoms with Crippen LogP contribution < -0.4 is 0 Å². The molecule has 0 saturated heterocycles. The molecule has 0 aromatic heterocycles. The monoisotopic (exact) mass is 442 g/mol. The quantitative estimate of drug-likeness (QED) is 0.103. The van der Waals surface area contributed by atoms with Gasteiger partial charge in [0.15, 0.2) is 6.10 Å². The van der Waals surface area contributed by atoms with E-state index < -0.39 is 12.1 Å². The fraction of sp³-hybridized carbons (Fsp3) is 0.880. The first-order valence-corrected chi connectivity index (χ1v) is 12.4. The molecule has 0 aliphatic rings. The van der Waals surface area contributed by atoms with Gasteiger partial charge >= 0.3 is 11.9 Å². The molecule has 6 heteroatoms. The van der Waals surface area contributed by atoms with Gasteiger partial charge in [-0.3, -0.25) is 9.59 Å². The largest absolute Gasteiger partial charge is 0.481 e. The number of ether oxygens (including phenoxy) is 1. The van der Waals surface area contributed by atoms with Crippen molar-refractivity contribution in [3.05, 3.63) is 0 Å². The number of aldehydes is 1. The summed E-state index contributed by atoms with van der Waals surface area (Å²) in [4.78, 5) is 33.3. The standard InChI is InChI=1S/C25H47NO5/c1-26(2,3)22-23(21-24(28)29)31-25(30)19-17-15-13-11-9-7-5-4-6-8-10-12-14-16-18-20-27/h20,23H,4-19,21-22H2,1-3H3/p+1/t23-/m1/s1. The zero-order valence-corrected chi connectivity index (χ0v) is 20.4. The van der Waals surface area contributed by atoms with Gasteiger partial charge in [-0.15, -0.1) is 0 Å². The zero-order valence-electron chi connectivity index (χ0n) is 20.4. The Hall–Kier alpha value is -1.43. The van der Waals surface area contributed by atoms with E-state index in [-0.39, 0.29) is 12.4 Å². The summed E-state index contributed by atoms with van der Waals surface area (Å²) < 4.78 is 5.98. The molecule has 0 aromatic rings. The van der Waals surface area contributed by atoms with Crippen LogP contribution in [0.4, 0.5) is 0 Å². The molecule has 0 aromatic carbocycles. The highest BCUT2D eigenvalue weighted by molar-refractivity contribution is 5.71. The first-order chi connectivity index (χ1) is 14.7. The van der Waals surface area contributed by atoms with Crippen molar-refractivity contribution in [1.29, 1.82) is 0 Å². The lowest BCUT2D eigenvalue weighted by Crippen LogP contribution is -2.43. The van der Waals surface area contributed by atoms with E-state index in [2.05, 4.69) is 0 Å². The van der Waals surface area contributed by atoms with Crippen molar-refractivity contribution in [2.75, 3.05) is 27.7 Å². The van der Waals surface area contributed by atoms with Crippen LogP contribution in [-0.2, 0) is 19.1 Å². The number of hydrogen-bond acceptors (Lipinski definition) is 4. The van der Waals surface area contributed by atoms with Crippen LogP contribution in [-0.4, -0.2) is 61.6 Å². The molecule has 0 aliphatic heterocycles. The Bertz CT molecular complexity index is 473. The maximum absolute atomic E-state index is 12.0. The second-order valence-electron chi connectivity index (χ2n) is 9.84. The third-order valence-electron chi connectivity index (χ3n) is 5.40. The van der Waals surface area contributed by atoms with E-state index >= 15 is 0 Å². The molecule has 31 heavy (non-hydrogen) atoms.